The van der Waals surface area contributed by atoms with E-state index in [2.05, 4.69) is 21.7 Å². The van der Waals surface area contributed by atoms with E-state index >= 15 is 0 Å². The van der Waals surface area contributed by atoms with E-state index in [0.29, 0.717) is 10.2 Å². The molecule has 2 amide bonds. The fourth-order valence-corrected chi connectivity index (χ4v) is 3.67. The summed E-state index contributed by atoms with van der Waals surface area (Å²) in [4.78, 5) is 16.6. The number of fused-ring (bicyclic) bond motifs is 1. The summed E-state index contributed by atoms with van der Waals surface area (Å²) >= 11 is 7.55. The highest BCUT2D eigenvalue weighted by Crippen LogP contribution is 2.33. The summed E-state index contributed by atoms with van der Waals surface area (Å²) < 4.78 is 0.883. The molecule has 0 bridgehead atoms. The lowest BCUT2D eigenvalue weighted by Gasteiger charge is -2.07. The van der Waals surface area contributed by atoms with Crippen molar-refractivity contribution in [3.8, 4) is 0 Å². The first-order chi connectivity index (χ1) is 10.9. The number of aryl methyl sites for hydroxylation is 3. The van der Waals surface area contributed by atoms with Crippen molar-refractivity contribution < 1.29 is 4.79 Å². The Hall–Kier alpha value is -2.11. The number of hydrogen-bond acceptors (Lipinski definition) is 3. The summed E-state index contributed by atoms with van der Waals surface area (Å²) in [7, 11) is 0. The number of carbonyl (C=O) groups is 1. The third-order valence-electron chi connectivity index (χ3n) is 3.40. The van der Waals surface area contributed by atoms with Crippen molar-refractivity contribution in [2.24, 2.45) is 0 Å². The normalized spacial score (nSPS) is 10.8. The van der Waals surface area contributed by atoms with Crippen molar-refractivity contribution in [1.29, 1.82) is 0 Å². The Morgan fingerprint density at radius 3 is 2.43 bits per heavy atom. The molecular formula is C17H16ClN3OS. The Balaban J connectivity index is 1.80. The van der Waals surface area contributed by atoms with Crippen molar-refractivity contribution >= 4 is 50.0 Å². The average Bonchev–Trinajstić information content (AvgIpc) is 2.86. The van der Waals surface area contributed by atoms with E-state index in [1.54, 1.807) is 0 Å². The van der Waals surface area contributed by atoms with Gasteiger partial charge in [-0.05, 0) is 55.7 Å². The molecule has 3 rings (SSSR count). The van der Waals surface area contributed by atoms with E-state index in [0.717, 1.165) is 32.6 Å². The first-order valence-electron chi connectivity index (χ1n) is 7.14. The van der Waals surface area contributed by atoms with Gasteiger partial charge in [0.15, 0.2) is 5.13 Å². The Kier molecular flexibility index (Phi) is 4.24. The van der Waals surface area contributed by atoms with Gasteiger partial charge in [-0.2, -0.15) is 0 Å². The molecule has 0 aliphatic carbocycles. The number of amides is 2. The van der Waals surface area contributed by atoms with Gasteiger partial charge in [0.2, 0.25) is 0 Å². The fourth-order valence-electron chi connectivity index (χ4n) is 2.46. The number of nitrogens with zero attached hydrogens (tertiary/aromatic N) is 1. The van der Waals surface area contributed by atoms with Crippen molar-refractivity contribution in [2.75, 3.05) is 10.6 Å². The Bertz CT molecular complexity index is 845. The molecular weight excluding hydrogens is 330 g/mol. The van der Waals surface area contributed by atoms with E-state index in [4.69, 9.17) is 11.6 Å². The number of urea groups is 1. The highest BCUT2D eigenvalue weighted by atomic mass is 35.5. The van der Waals surface area contributed by atoms with Gasteiger partial charge in [0.25, 0.3) is 0 Å². The van der Waals surface area contributed by atoms with Crippen LogP contribution in [0.15, 0.2) is 30.3 Å². The van der Waals surface area contributed by atoms with Crippen LogP contribution in [0, 0.1) is 20.8 Å². The molecule has 6 heteroatoms. The molecule has 4 nitrogen and oxygen atoms in total. The maximum atomic E-state index is 12.2. The molecule has 0 spiro atoms. The molecule has 0 aliphatic heterocycles. The summed E-state index contributed by atoms with van der Waals surface area (Å²) in [5.74, 6) is 0. The lowest BCUT2D eigenvalue weighted by atomic mass is 10.1. The van der Waals surface area contributed by atoms with Crippen LogP contribution in [0.25, 0.3) is 10.2 Å². The van der Waals surface area contributed by atoms with Crippen molar-refractivity contribution in [3.63, 3.8) is 0 Å². The van der Waals surface area contributed by atoms with Gasteiger partial charge in [0.1, 0.15) is 0 Å². The molecule has 0 fully saturated rings. The summed E-state index contributed by atoms with van der Waals surface area (Å²) in [5.41, 5.74) is 4.81. The molecule has 1 heterocycles. The van der Waals surface area contributed by atoms with E-state index in [9.17, 15) is 4.79 Å². The monoisotopic (exact) mass is 345 g/mol. The molecule has 2 aromatic carbocycles. The van der Waals surface area contributed by atoms with E-state index < -0.39 is 0 Å². The number of carbonyl (C=O) groups excluding carboxylic acids is 1. The summed E-state index contributed by atoms with van der Waals surface area (Å²) in [6.45, 7) is 5.96. The molecule has 3 aromatic rings. The third-order valence-corrected chi connectivity index (χ3v) is 4.83. The Labute approximate surface area is 143 Å². The second kappa shape index (κ2) is 6.18. The molecule has 0 saturated heterocycles. The second-order valence-electron chi connectivity index (χ2n) is 5.52. The van der Waals surface area contributed by atoms with Gasteiger partial charge in [0.05, 0.1) is 15.2 Å². The van der Waals surface area contributed by atoms with Gasteiger partial charge in [-0.25, -0.2) is 9.78 Å². The standard InChI is InChI=1S/C17H16ClN3OS/c1-9-6-10(2)8-12(7-9)19-16(22)21-17-20-14-11(3)4-5-13(18)15(14)23-17/h4-8H,1-3H3,(H2,19,20,21,22). The molecule has 2 N–H and O–H groups in total. The van der Waals surface area contributed by atoms with Crippen LogP contribution in [-0.2, 0) is 0 Å². The van der Waals surface area contributed by atoms with Crippen LogP contribution in [-0.4, -0.2) is 11.0 Å². The van der Waals surface area contributed by atoms with Gasteiger partial charge in [-0.15, -0.1) is 0 Å². The zero-order chi connectivity index (χ0) is 16.6. The predicted octanol–water partition coefficient (Wildman–Crippen LogP) is 5.52. The third kappa shape index (κ3) is 3.46. The van der Waals surface area contributed by atoms with Gasteiger partial charge >= 0.3 is 6.03 Å². The SMILES string of the molecule is Cc1cc(C)cc(NC(=O)Nc2nc3c(C)ccc(Cl)c3s2)c1. The van der Waals surface area contributed by atoms with Crippen LogP contribution in [0.3, 0.4) is 0 Å². The Morgan fingerprint density at radius 1 is 1.09 bits per heavy atom. The molecule has 0 aliphatic rings. The molecule has 23 heavy (non-hydrogen) atoms. The van der Waals surface area contributed by atoms with Crippen molar-refractivity contribution in [2.45, 2.75) is 20.8 Å². The van der Waals surface area contributed by atoms with E-state index in [-0.39, 0.29) is 6.03 Å². The molecule has 1 aromatic heterocycles. The minimum Gasteiger partial charge on any atom is -0.308 e. The highest BCUT2D eigenvalue weighted by Gasteiger charge is 2.12. The van der Waals surface area contributed by atoms with Crippen molar-refractivity contribution in [1.82, 2.24) is 4.98 Å². The maximum Gasteiger partial charge on any atom is 0.325 e. The molecule has 0 radical (unpaired) electrons. The quantitative estimate of drug-likeness (QED) is 0.642. The van der Waals surface area contributed by atoms with Gasteiger partial charge < -0.3 is 5.32 Å². The Morgan fingerprint density at radius 2 is 1.78 bits per heavy atom. The van der Waals surface area contributed by atoms with Crippen LogP contribution in [0.2, 0.25) is 5.02 Å². The van der Waals surface area contributed by atoms with Crippen LogP contribution in [0.5, 0.6) is 0 Å². The predicted molar refractivity (Wildman–Crippen MR) is 97.9 cm³/mol. The number of nitrogens with one attached hydrogen (secondary N) is 2. The van der Waals surface area contributed by atoms with Crippen molar-refractivity contribution in [3.05, 3.63) is 52.0 Å². The van der Waals surface area contributed by atoms with Gasteiger partial charge in [-0.1, -0.05) is 35.1 Å². The van der Waals surface area contributed by atoms with Crippen LogP contribution in [0.4, 0.5) is 15.6 Å². The number of halogens is 1. The summed E-state index contributed by atoms with van der Waals surface area (Å²) in [6.07, 6.45) is 0. The zero-order valence-electron chi connectivity index (χ0n) is 13.0. The molecule has 0 saturated carbocycles. The van der Waals surface area contributed by atoms with Crippen LogP contribution >= 0.6 is 22.9 Å². The van der Waals surface area contributed by atoms with Crippen LogP contribution in [0.1, 0.15) is 16.7 Å². The zero-order valence-corrected chi connectivity index (χ0v) is 14.6. The lowest BCUT2D eigenvalue weighted by molar-refractivity contribution is 0.262. The van der Waals surface area contributed by atoms with Crippen LogP contribution < -0.4 is 10.6 Å². The summed E-state index contributed by atoms with van der Waals surface area (Å²) in [5, 5.41) is 6.77. The maximum absolute atomic E-state index is 12.2. The largest absolute Gasteiger partial charge is 0.325 e. The van der Waals surface area contributed by atoms with Gasteiger partial charge in [0, 0.05) is 5.69 Å². The topological polar surface area (TPSA) is 54.0 Å². The first kappa shape index (κ1) is 15.8. The fraction of sp³-hybridized carbons (Fsp3) is 0.176. The second-order valence-corrected chi connectivity index (χ2v) is 6.92. The number of benzene rings is 2. The average molecular weight is 346 g/mol. The number of anilines is 2. The highest BCUT2D eigenvalue weighted by molar-refractivity contribution is 7.23. The number of hydrogen-bond donors (Lipinski definition) is 2. The molecule has 0 atom stereocenters. The van der Waals surface area contributed by atoms with E-state index in [1.807, 2.05) is 45.0 Å². The number of aromatic nitrogens is 1. The molecule has 118 valence electrons. The minimum absolute atomic E-state index is 0.317. The summed E-state index contributed by atoms with van der Waals surface area (Å²) in [6, 6.07) is 9.35. The number of rotatable bonds is 2. The smallest absolute Gasteiger partial charge is 0.308 e. The number of thiazole rings is 1. The minimum atomic E-state index is -0.317. The first-order valence-corrected chi connectivity index (χ1v) is 8.34. The lowest BCUT2D eigenvalue weighted by Crippen LogP contribution is -2.19. The van der Waals surface area contributed by atoms with E-state index in [1.165, 1.54) is 11.3 Å². The van der Waals surface area contributed by atoms with Gasteiger partial charge in [-0.3, -0.25) is 5.32 Å². The molecule has 0 unspecified atom stereocenters.